The van der Waals surface area contributed by atoms with Crippen molar-refractivity contribution in [2.45, 2.75) is 24.7 Å². The van der Waals surface area contributed by atoms with Crippen LogP contribution in [0.25, 0.3) is 122 Å². The predicted molar refractivity (Wildman–Crippen MR) is 307 cm³/mol. The van der Waals surface area contributed by atoms with Crippen LogP contribution in [-0.2, 0) is 10.8 Å². The molecule has 2 aliphatic rings. The van der Waals surface area contributed by atoms with E-state index in [2.05, 4.69) is 266 Å². The Bertz CT molecular complexity index is 4400. The van der Waals surface area contributed by atoms with E-state index in [4.69, 9.17) is 9.97 Å². The SMILES string of the molecule is CC1(C2(C)c3ccc4ccccc4c3-c3c2cc(-n2c(-c4ccccc4)nc4ccccc42)c2ccccc32)c2ccc3ccccc3c2-c2c1cc(-n1c(-c3ccccc3)nc3ccccc31)c1ccccc21. The minimum atomic E-state index is -0.648. The van der Waals surface area contributed by atoms with Gasteiger partial charge < -0.3 is 0 Å². The van der Waals surface area contributed by atoms with E-state index in [9.17, 15) is 0 Å². The molecular formula is C70H46N4. The second-order valence-electron chi connectivity index (χ2n) is 20.6. The van der Waals surface area contributed by atoms with Crippen LogP contribution in [0.4, 0.5) is 0 Å². The van der Waals surface area contributed by atoms with E-state index in [-0.39, 0.29) is 0 Å². The van der Waals surface area contributed by atoms with Crippen molar-refractivity contribution in [2.75, 3.05) is 0 Å². The van der Waals surface area contributed by atoms with Crippen LogP contribution in [0, 0.1) is 0 Å². The van der Waals surface area contributed by atoms with Gasteiger partial charge in [-0.15, -0.1) is 0 Å². The van der Waals surface area contributed by atoms with Gasteiger partial charge in [0.2, 0.25) is 0 Å². The van der Waals surface area contributed by atoms with Crippen molar-refractivity contribution in [3.63, 3.8) is 0 Å². The third kappa shape index (κ3) is 5.31. The predicted octanol–water partition coefficient (Wildman–Crippen LogP) is 17.6. The Morgan fingerprint density at radius 3 is 1.07 bits per heavy atom. The molecule has 16 rings (SSSR count). The second-order valence-corrected chi connectivity index (χ2v) is 20.6. The van der Waals surface area contributed by atoms with E-state index in [1.54, 1.807) is 0 Å². The fraction of sp³-hybridized carbons (Fsp3) is 0.0571. The lowest BCUT2D eigenvalue weighted by atomic mass is 9.56. The first kappa shape index (κ1) is 41.3. The van der Waals surface area contributed by atoms with E-state index in [0.29, 0.717) is 0 Å². The Labute approximate surface area is 428 Å². The highest BCUT2D eigenvalue weighted by Gasteiger charge is 2.59. The van der Waals surface area contributed by atoms with Gasteiger partial charge in [0.05, 0.1) is 33.4 Å². The molecule has 14 aromatic rings. The normalized spacial score (nSPS) is 16.6. The monoisotopic (exact) mass is 942 g/mol. The average molecular weight is 943 g/mol. The molecule has 2 aromatic heterocycles. The van der Waals surface area contributed by atoms with Crippen molar-refractivity contribution in [1.29, 1.82) is 0 Å². The Kier molecular flexibility index (Phi) is 8.41. The fourth-order valence-corrected chi connectivity index (χ4v) is 13.8. The summed E-state index contributed by atoms with van der Waals surface area (Å²) in [5, 5.41) is 9.84. The molecule has 0 aliphatic heterocycles. The maximum Gasteiger partial charge on any atom is 0.145 e. The molecule has 0 saturated carbocycles. The van der Waals surface area contributed by atoms with Crippen molar-refractivity contribution in [3.8, 4) is 56.4 Å². The molecule has 346 valence electrons. The molecule has 0 radical (unpaired) electrons. The van der Waals surface area contributed by atoms with Crippen LogP contribution >= 0.6 is 0 Å². The average Bonchev–Trinajstić information content (AvgIpc) is 4.31. The highest BCUT2D eigenvalue weighted by atomic mass is 15.1. The lowest BCUT2D eigenvalue weighted by Crippen LogP contribution is -2.44. The van der Waals surface area contributed by atoms with Crippen molar-refractivity contribution in [3.05, 3.63) is 265 Å². The topological polar surface area (TPSA) is 35.6 Å². The molecule has 0 amide bonds. The second kappa shape index (κ2) is 15.1. The first-order valence-electron chi connectivity index (χ1n) is 25.7. The summed E-state index contributed by atoms with van der Waals surface area (Å²) in [5.41, 5.74) is 17.7. The number of rotatable bonds is 5. The largest absolute Gasteiger partial charge is 0.292 e. The minimum absolute atomic E-state index is 0.648. The minimum Gasteiger partial charge on any atom is -0.292 e. The highest BCUT2D eigenvalue weighted by Crippen LogP contribution is 2.68. The molecule has 0 fully saturated rings. The summed E-state index contributed by atoms with van der Waals surface area (Å²) in [6, 6.07) is 89.6. The Morgan fingerprint density at radius 1 is 0.297 bits per heavy atom. The maximum atomic E-state index is 5.43. The molecular weight excluding hydrogens is 897 g/mol. The number of benzene rings is 12. The lowest BCUT2D eigenvalue weighted by Gasteiger charge is -2.45. The first-order chi connectivity index (χ1) is 36.5. The Balaban J connectivity index is 1.09. The van der Waals surface area contributed by atoms with E-state index in [1.807, 2.05) is 0 Å². The molecule has 0 N–H and O–H groups in total. The van der Waals surface area contributed by atoms with Gasteiger partial charge in [0.25, 0.3) is 0 Å². The molecule has 4 nitrogen and oxygen atoms in total. The van der Waals surface area contributed by atoms with Crippen LogP contribution in [0.2, 0.25) is 0 Å². The van der Waals surface area contributed by atoms with E-state index in [1.165, 1.54) is 87.6 Å². The molecule has 0 spiro atoms. The first-order valence-corrected chi connectivity index (χ1v) is 25.7. The molecule has 2 heterocycles. The number of fused-ring (bicyclic) bond motifs is 16. The smallest absolute Gasteiger partial charge is 0.145 e. The number of para-hydroxylation sites is 4. The van der Waals surface area contributed by atoms with Gasteiger partial charge in [-0.1, -0.05) is 220 Å². The summed E-state index contributed by atoms with van der Waals surface area (Å²) in [6.45, 7) is 5.14. The number of imidazole rings is 2. The molecule has 12 aromatic carbocycles. The molecule has 2 aliphatic carbocycles. The summed E-state index contributed by atoms with van der Waals surface area (Å²) in [5.74, 6) is 1.85. The van der Waals surface area contributed by atoms with Crippen LogP contribution in [0.3, 0.4) is 0 Å². The van der Waals surface area contributed by atoms with Gasteiger partial charge in [-0.2, -0.15) is 0 Å². The molecule has 2 atom stereocenters. The van der Waals surface area contributed by atoms with Crippen LogP contribution in [0.1, 0.15) is 36.1 Å². The van der Waals surface area contributed by atoms with Gasteiger partial charge in [0.15, 0.2) is 0 Å². The van der Waals surface area contributed by atoms with Gasteiger partial charge in [-0.3, -0.25) is 9.13 Å². The Morgan fingerprint density at radius 2 is 0.635 bits per heavy atom. The summed E-state index contributed by atoms with van der Waals surface area (Å²) >= 11 is 0. The van der Waals surface area contributed by atoms with Crippen LogP contribution in [0.15, 0.2) is 243 Å². The number of aromatic nitrogens is 4. The van der Waals surface area contributed by atoms with E-state index < -0.39 is 10.8 Å². The number of hydrogen-bond acceptors (Lipinski definition) is 2. The Hall–Kier alpha value is -9.38. The van der Waals surface area contributed by atoms with Gasteiger partial charge in [0, 0.05) is 32.7 Å². The zero-order valence-electron chi connectivity index (χ0n) is 40.9. The van der Waals surface area contributed by atoms with E-state index in [0.717, 1.165) is 56.2 Å². The van der Waals surface area contributed by atoms with Gasteiger partial charge >= 0.3 is 0 Å². The van der Waals surface area contributed by atoms with Gasteiger partial charge in [-0.25, -0.2) is 9.97 Å². The van der Waals surface area contributed by atoms with Crippen molar-refractivity contribution in [2.24, 2.45) is 0 Å². The third-order valence-corrected chi connectivity index (χ3v) is 17.2. The molecule has 2 unspecified atom stereocenters. The summed E-state index contributed by atoms with van der Waals surface area (Å²) in [7, 11) is 0. The van der Waals surface area contributed by atoms with Gasteiger partial charge in [0.1, 0.15) is 11.6 Å². The zero-order valence-corrected chi connectivity index (χ0v) is 40.9. The van der Waals surface area contributed by atoms with Crippen molar-refractivity contribution >= 4 is 65.2 Å². The zero-order chi connectivity index (χ0) is 48.9. The van der Waals surface area contributed by atoms with Gasteiger partial charge in [-0.05, 0) is 113 Å². The van der Waals surface area contributed by atoms with Crippen LogP contribution in [0.5, 0.6) is 0 Å². The lowest BCUT2D eigenvalue weighted by molar-refractivity contribution is 0.376. The van der Waals surface area contributed by atoms with E-state index >= 15 is 0 Å². The summed E-state index contributed by atoms with van der Waals surface area (Å²) in [4.78, 5) is 10.9. The van der Waals surface area contributed by atoms with Crippen LogP contribution in [-0.4, -0.2) is 19.1 Å². The summed E-state index contributed by atoms with van der Waals surface area (Å²) < 4.78 is 4.87. The fourth-order valence-electron chi connectivity index (χ4n) is 13.8. The number of nitrogens with zero attached hydrogens (tertiary/aromatic N) is 4. The molecule has 74 heavy (non-hydrogen) atoms. The standard InChI is InChI=1S/C70H46N4/c1-69(53-39-37-43-21-9-11-27-47(43)63(53)65-51-31-15-13-29-49(51)61(41-55(65)69)73-59-35-19-17-33-57(59)71-67(73)45-23-5-3-6-24-45)70(2)54-40-38-44-22-10-12-28-48(44)64(54)66-52-32-16-14-30-50(52)62(42-56(66)70)74-60-36-20-18-34-58(60)72-68(74)46-25-7-4-8-26-46/h3-42H,1-2H3. The highest BCUT2D eigenvalue weighted by molar-refractivity contribution is 6.17. The molecule has 4 heteroatoms. The maximum absolute atomic E-state index is 5.43. The summed E-state index contributed by atoms with van der Waals surface area (Å²) in [6.07, 6.45) is 0. The molecule has 0 bridgehead atoms. The third-order valence-electron chi connectivity index (χ3n) is 17.2. The quantitative estimate of drug-likeness (QED) is 0.172. The number of hydrogen-bond donors (Lipinski definition) is 0. The van der Waals surface area contributed by atoms with Crippen molar-refractivity contribution < 1.29 is 0 Å². The van der Waals surface area contributed by atoms with Crippen LogP contribution < -0.4 is 0 Å². The van der Waals surface area contributed by atoms with Crippen molar-refractivity contribution in [1.82, 2.24) is 19.1 Å². The molecule has 0 saturated heterocycles.